The summed E-state index contributed by atoms with van der Waals surface area (Å²) in [5.41, 5.74) is 2.81. The van der Waals surface area contributed by atoms with Gasteiger partial charge in [0.05, 0.1) is 21.1 Å². The second-order valence-corrected chi connectivity index (χ2v) is 13.2. The van der Waals surface area contributed by atoms with Crippen LogP contribution in [-0.2, 0) is 9.73 Å². The van der Waals surface area contributed by atoms with Crippen molar-refractivity contribution in [3.63, 3.8) is 0 Å². The minimum atomic E-state index is -2.23. The highest BCUT2D eigenvalue weighted by atomic mass is 35.5. The van der Waals surface area contributed by atoms with Crippen molar-refractivity contribution in [2.24, 2.45) is 4.36 Å². The SMILES string of the molecule is C[C@@H](Oc1ccc2[nH]nc(-c3cnc(N4CC(C)(N=S(C)(C)=O)C4)c(C#N)c3)c2c1)c1c(Cl)cncc1Cl. The normalized spacial score (nSPS) is 15.6. The molecule has 1 fully saturated rings. The number of ether oxygens (including phenoxy) is 1. The van der Waals surface area contributed by atoms with Crippen molar-refractivity contribution >= 4 is 49.7 Å². The van der Waals surface area contributed by atoms with E-state index >= 15 is 0 Å². The van der Waals surface area contributed by atoms with Crippen molar-refractivity contribution in [3.8, 4) is 23.1 Å². The van der Waals surface area contributed by atoms with Crippen LogP contribution in [0.1, 0.15) is 31.1 Å². The van der Waals surface area contributed by atoms with Crippen LogP contribution in [0.5, 0.6) is 5.75 Å². The maximum Gasteiger partial charge on any atom is 0.146 e. The van der Waals surface area contributed by atoms with E-state index in [2.05, 4.69) is 30.6 Å². The number of aromatic amines is 1. The first kappa shape index (κ1) is 26.2. The third kappa shape index (κ3) is 5.14. The second-order valence-electron chi connectivity index (χ2n) is 9.89. The van der Waals surface area contributed by atoms with Crippen molar-refractivity contribution in [2.45, 2.75) is 25.5 Å². The van der Waals surface area contributed by atoms with E-state index in [1.54, 1.807) is 24.8 Å². The highest BCUT2D eigenvalue weighted by molar-refractivity contribution is 7.92. The summed E-state index contributed by atoms with van der Waals surface area (Å²) >= 11 is 12.6. The van der Waals surface area contributed by atoms with Gasteiger partial charge < -0.3 is 9.64 Å². The number of hydrogen-bond donors (Lipinski definition) is 1. The maximum atomic E-state index is 12.1. The van der Waals surface area contributed by atoms with Crippen LogP contribution in [0, 0.1) is 11.3 Å². The third-order valence-electron chi connectivity index (χ3n) is 6.21. The number of H-pyrrole nitrogens is 1. The summed E-state index contributed by atoms with van der Waals surface area (Å²) in [5, 5.41) is 19.1. The Bertz CT molecular complexity index is 1690. The second kappa shape index (κ2) is 9.73. The highest BCUT2D eigenvalue weighted by Crippen LogP contribution is 2.37. The molecular weight excluding hydrogens is 545 g/mol. The summed E-state index contributed by atoms with van der Waals surface area (Å²) in [7, 11) is -2.23. The molecule has 196 valence electrons. The van der Waals surface area contributed by atoms with Crippen LogP contribution in [0.2, 0.25) is 10.0 Å². The Labute approximate surface area is 230 Å². The van der Waals surface area contributed by atoms with E-state index < -0.39 is 21.4 Å². The molecule has 1 aliphatic heterocycles. The summed E-state index contributed by atoms with van der Waals surface area (Å²) in [4.78, 5) is 10.6. The molecule has 1 atom stereocenters. The minimum absolute atomic E-state index is 0.417. The number of pyridine rings is 2. The van der Waals surface area contributed by atoms with Crippen molar-refractivity contribution in [1.82, 2.24) is 20.2 Å². The zero-order valence-corrected chi connectivity index (χ0v) is 23.5. The van der Waals surface area contributed by atoms with Gasteiger partial charge in [-0.1, -0.05) is 23.2 Å². The molecule has 5 rings (SSSR count). The van der Waals surface area contributed by atoms with Crippen LogP contribution < -0.4 is 9.64 Å². The molecule has 0 spiro atoms. The van der Waals surface area contributed by atoms with Crippen LogP contribution in [-0.4, -0.2) is 55.5 Å². The first-order valence-electron chi connectivity index (χ1n) is 11.7. The standard InChI is InChI=1S/C26H25Cl2N7O2S/c1-15(23-20(27)11-30-12-21(23)28)37-18-5-6-22-19(8-18)24(33-32-22)17-7-16(9-29)25(31-10-17)35-13-26(2,14-35)34-38(3,4)36/h5-8,10-12,15H,13-14H2,1-4H3,(H,32,33)/t15-/m1/s1. The quantitative estimate of drug-likeness (QED) is 0.318. The highest BCUT2D eigenvalue weighted by Gasteiger charge is 2.41. The molecule has 1 N–H and O–H groups in total. The van der Waals surface area contributed by atoms with Crippen molar-refractivity contribution in [3.05, 3.63) is 64.0 Å². The van der Waals surface area contributed by atoms with E-state index in [4.69, 9.17) is 27.9 Å². The zero-order chi connectivity index (χ0) is 27.2. The van der Waals surface area contributed by atoms with Crippen LogP contribution in [0.3, 0.4) is 0 Å². The van der Waals surface area contributed by atoms with Gasteiger partial charge >= 0.3 is 0 Å². The molecule has 1 aromatic carbocycles. The fraction of sp³-hybridized carbons (Fsp3) is 0.308. The smallest absolute Gasteiger partial charge is 0.146 e. The molecule has 0 saturated carbocycles. The molecule has 1 saturated heterocycles. The molecule has 1 aliphatic rings. The summed E-state index contributed by atoms with van der Waals surface area (Å²) < 4.78 is 22.8. The van der Waals surface area contributed by atoms with E-state index in [1.807, 2.05) is 36.9 Å². The summed E-state index contributed by atoms with van der Waals surface area (Å²) in [6.45, 7) is 4.91. The van der Waals surface area contributed by atoms with Gasteiger partial charge in [-0.05, 0) is 38.1 Å². The number of nitrogens with one attached hydrogen (secondary N) is 1. The van der Waals surface area contributed by atoms with E-state index in [0.29, 0.717) is 57.1 Å². The lowest BCUT2D eigenvalue weighted by molar-refractivity contribution is 0.227. The number of anilines is 1. The van der Waals surface area contributed by atoms with Gasteiger partial charge in [0.1, 0.15) is 35.0 Å². The van der Waals surface area contributed by atoms with Gasteiger partial charge in [-0.3, -0.25) is 14.3 Å². The Morgan fingerprint density at radius 1 is 1.21 bits per heavy atom. The van der Waals surface area contributed by atoms with Gasteiger partial charge in [-0.2, -0.15) is 10.4 Å². The van der Waals surface area contributed by atoms with Crippen molar-refractivity contribution in [2.75, 3.05) is 30.5 Å². The van der Waals surface area contributed by atoms with Crippen LogP contribution >= 0.6 is 23.2 Å². The number of aromatic nitrogens is 4. The lowest BCUT2D eigenvalue weighted by Gasteiger charge is -2.46. The van der Waals surface area contributed by atoms with Gasteiger partial charge in [0.2, 0.25) is 0 Å². The molecule has 3 aromatic heterocycles. The van der Waals surface area contributed by atoms with Gasteiger partial charge in [0.25, 0.3) is 0 Å². The fourth-order valence-electron chi connectivity index (χ4n) is 4.79. The predicted molar refractivity (Wildman–Crippen MR) is 150 cm³/mol. The lowest BCUT2D eigenvalue weighted by atomic mass is 9.93. The Morgan fingerprint density at radius 3 is 2.58 bits per heavy atom. The molecule has 4 aromatic rings. The van der Waals surface area contributed by atoms with Crippen molar-refractivity contribution < 1.29 is 8.95 Å². The summed E-state index contributed by atoms with van der Waals surface area (Å²) in [6, 6.07) is 9.62. The summed E-state index contributed by atoms with van der Waals surface area (Å²) in [5.74, 6) is 1.18. The Morgan fingerprint density at radius 2 is 1.92 bits per heavy atom. The monoisotopic (exact) mass is 569 g/mol. The molecule has 9 nitrogen and oxygen atoms in total. The number of hydrogen-bond acceptors (Lipinski definition) is 8. The summed E-state index contributed by atoms with van der Waals surface area (Å²) in [6.07, 6.45) is 7.61. The van der Waals surface area contributed by atoms with Gasteiger partial charge in [-0.25, -0.2) is 9.35 Å². The zero-order valence-electron chi connectivity index (χ0n) is 21.2. The molecule has 0 aliphatic carbocycles. The van der Waals surface area contributed by atoms with E-state index in [9.17, 15) is 9.47 Å². The fourth-order valence-corrected chi connectivity index (χ4v) is 6.64. The van der Waals surface area contributed by atoms with Crippen LogP contribution in [0.15, 0.2) is 47.2 Å². The van der Waals surface area contributed by atoms with E-state index in [-0.39, 0.29) is 0 Å². The molecule has 12 heteroatoms. The number of benzene rings is 1. The molecular formula is C26H25Cl2N7O2S. The van der Waals surface area contributed by atoms with Gasteiger partial charge in [-0.15, -0.1) is 0 Å². The Hall–Kier alpha value is -3.39. The van der Waals surface area contributed by atoms with E-state index in [0.717, 1.165) is 10.9 Å². The first-order chi connectivity index (χ1) is 18.0. The average molecular weight is 571 g/mol. The van der Waals surface area contributed by atoms with Crippen LogP contribution in [0.4, 0.5) is 5.82 Å². The average Bonchev–Trinajstić information content (AvgIpc) is 3.24. The molecule has 0 radical (unpaired) electrons. The topological polar surface area (TPSA) is 120 Å². The van der Waals surface area contributed by atoms with Gasteiger partial charge in [0, 0.05) is 70.4 Å². The largest absolute Gasteiger partial charge is 0.486 e. The van der Waals surface area contributed by atoms with Crippen LogP contribution in [0.25, 0.3) is 22.2 Å². The Kier molecular flexibility index (Phi) is 6.71. The maximum absolute atomic E-state index is 12.1. The minimum Gasteiger partial charge on any atom is -0.486 e. The molecule has 38 heavy (non-hydrogen) atoms. The molecule has 0 amide bonds. The molecule has 4 heterocycles. The predicted octanol–water partition coefficient (Wildman–Crippen LogP) is 5.64. The number of halogens is 2. The van der Waals surface area contributed by atoms with Crippen molar-refractivity contribution in [1.29, 1.82) is 5.26 Å². The lowest BCUT2D eigenvalue weighted by Crippen LogP contribution is -2.59. The number of nitrogens with zero attached hydrogens (tertiary/aromatic N) is 6. The molecule has 0 unspecified atom stereocenters. The first-order valence-corrected chi connectivity index (χ1v) is 14.8. The van der Waals surface area contributed by atoms with E-state index in [1.165, 1.54) is 12.4 Å². The molecule has 0 bridgehead atoms. The third-order valence-corrected chi connectivity index (χ3v) is 7.69. The number of nitriles is 1. The Balaban J connectivity index is 1.43. The number of fused-ring (bicyclic) bond motifs is 1. The van der Waals surface area contributed by atoms with Gasteiger partial charge in [0.15, 0.2) is 0 Å². The number of rotatable bonds is 6.